The molecule has 1 aromatic rings. The normalized spacial score (nSPS) is 11.1. The van der Waals surface area contributed by atoms with Crippen molar-refractivity contribution in [1.82, 2.24) is 0 Å². The highest BCUT2D eigenvalue weighted by molar-refractivity contribution is 7.90. The lowest BCUT2D eigenvalue weighted by Crippen LogP contribution is -2.10. The fourth-order valence-corrected chi connectivity index (χ4v) is 2.01. The second-order valence-corrected chi connectivity index (χ2v) is 5.94. The molecular formula is C10H14N2O4S. The van der Waals surface area contributed by atoms with Crippen LogP contribution in [0.4, 0.5) is 11.4 Å². The average molecular weight is 258 g/mol. The zero-order valence-corrected chi connectivity index (χ0v) is 10.2. The van der Waals surface area contributed by atoms with Crippen LogP contribution in [0.2, 0.25) is 0 Å². The first-order chi connectivity index (χ1) is 7.90. The standard InChI is InChI=1S/C10H14N2O4S/c1-17(15,16)8-4-7-11-9-5-2-3-6-10(9)12(13)14/h2-3,5-6,11H,4,7-8H2,1H3. The Hall–Kier alpha value is -1.63. The van der Waals surface area contributed by atoms with Crippen molar-refractivity contribution in [1.29, 1.82) is 0 Å². The Labute approximate surface area is 99.7 Å². The van der Waals surface area contributed by atoms with Gasteiger partial charge in [-0.15, -0.1) is 0 Å². The number of nitrogens with one attached hydrogen (secondary N) is 1. The van der Waals surface area contributed by atoms with Crippen molar-refractivity contribution >= 4 is 21.2 Å². The van der Waals surface area contributed by atoms with E-state index in [0.717, 1.165) is 6.26 Å². The SMILES string of the molecule is CS(=O)(=O)CCCNc1ccccc1[N+](=O)[O-]. The topological polar surface area (TPSA) is 89.3 Å². The van der Waals surface area contributed by atoms with Crippen molar-refractivity contribution in [2.24, 2.45) is 0 Å². The maximum absolute atomic E-state index is 10.9. The largest absolute Gasteiger partial charge is 0.379 e. The van der Waals surface area contributed by atoms with Gasteiger partial charge in [0.15, 0.2) is 0 Å². The van der Waals surface area contributed by atoms with Gasteiger partial charge < -0.3 is 5.32 Å². The summed E-state index contributed by atoms with van der Waals surface area (Å²) in [5, 5.41) is 13.5. The summed E-state index contributed by atoms with van der Waals surface area (Å²) in [5.41, 5.74) is 0.401. The second-order valence-electron chi connectivity index (χ2n) is 3.68. The fraction of sp³-hybridized carbons (Fsp3) is 0.400. The first-order valence-electron chi connectivity index (χ1n) is 5.05. The molecule has 0 saturated heterocycles. The summed E-state index contributed by atoms with van der Waals surface area (Å²) in [4.78, 5) is 10.2. The molecule has 0 spiro atoms. The number of nitro benzene ring substituents is 1. The van der Waals surface area contributed by atoms with Crippen LogP contribution in [0.3, 0.4) is 0 Å². The van der Waals surface area contributed by atoms with Gasteiger partial charge in [0.05, 0.1) is 10.7 Å². The molecule has 0 aliphatic heterocycles. The third-order valence-electron chi connectivity index (χ3n) is 2.11. The lowest BCUT2D eigenvalue weighted by molar-refractivity contribution is -0.384. The Morgan fingerprint density at radius 2 is 2.00 bits per heavy atom. The Balaban J connectivity index is 2.55. The summed E-state index contributed by atoms with van der Waals surface area (Å²) < 4.78 is 21.8. The Kier molecular flexibility index (Phi) is 4.45. The molecular weight excluding hydrogens is 244 g/mol. The molecule has 0 bridgehead atoms. The lowest BCUT2D eigenvalue weighted by atomic mass is 10.2. The van der Waals surface area contributed by atoms with E-state index in [4.69, 9.17) is 0 Å². The van der Waals surface area contributed by atoms with Crippen LogP contribution in [0.15, 0.2) is 24.3 Å². The number of anilines is 1. The van der Waals surface area contributed by atoms with Gasteiger partial charge in [0.1, 0.15) is 15.5 Å². The van der Waals surface area contributed by atoms with Gasteiger partial charge in [0, 0.05) is 18.9 Å². The van der Waals surface area contributed by atoms with Gasteiger partial charge in [-0.2, -0.15) is 0 Å². The number of rotatable bonds is 6. The average Bonchev–Trinajstić information content (AvgIpc) is 2.23. The second kappa shape index (κ2) is 5.62. The predicted molar refractivity (Wildman–Crippen MR) is 65.9 cm³/mol. The molecule has 0 atom stereocenters. The summed E-state index contributed by atoms with van der Waals surface area (Å²) in [5.74, 6) is 0.0701. The number of benzene rings is 1. The van der Waals surface area contributed by atoms with Crippen LogP contribution in [-0.2, 0) is 9.84 Å². The van der Waals surface area contributed by atoms with Crippen LogP contribution >= 0.6 is 0 Å². The van der Waals surface area contributed by atoms with E-state index >= 15 is 0 Å². The first kappa shape index (κ1) is 13.4. The number of nitrogens with zero attached hydrogens (tertiary/aromatic N) is 1. The number of hydrogen-bond donors (Lipinski definition) is 1. The molecule has 0 heterocycles. The molecule has 0 unspecified atom stereocenters. The van der Waals surface area contributed by atoms with Gasteiger partial charge >= 0.3 is 0 Å². The lowest BCUT2D eigenvalue weighted by Gasteiger charge is -2.06. The van der Waals surface area contributed by atoms with Gasteiger partial charge in [-0.05, 0) is 12.5 Å². The zero-order valence-electron chi connectivity index (χ0n) is 9.42. The summed E-state index contributed by atoms with van der Waals surface area (Å²) >= 11 is 0. The monoisotopic (exact) mass is 258 g/mol. The van der Waals surface area contributed by atoms with Crippen molar-refractivity contribution < 1.29 is 13.3 Å². The van der Waals surface area contributed by atoms with Crippen molar-refractivity contribution in [2.75, 3.05) is 23.9 Å². The molecule has 1 rings (SSSR count). The van der Waals surface area contributed by atoms with E-state index in [1.165, 1.54) is 6.07 Å². The molecule has 6 nitrogen and oxygen atoms in total. The Bertz CT molecular complexity index is 499. The molecule has 0 saturated carbocycles. The quantitative estimate of drug-likeness (QED) is 0.474. The Morgan fingerprint density at radius 3 is 2.59 bits per heavy atom. The highest BCUT2D eigenvalue weighted by atomic mass is 32.2. The van der Waals surface area contributed by atoms with E-state index in [-0.39, 0.29) is 11.4 Å². The molecule has 0 aliphatic carbocycles. The van der Waals surface area contributed by atoms with Crippen molar-refractivity contribution in [3.63, 3.8) is 0 Å². The Morgan fingerprint density at radius 1 is 1.35 bits per heavy atom. The maximum atomic E-state index is 10.9. The third-order valence-corrected chi connectivity index (χ3v) is 3.14. The van der Waals surface area contributed by atoms with Gasteiger partial charge in [-0.3, -0.25) is 10.1 Å². The number of nitro groups is 1. The molecule has 0 fully saturated rings. The molecule has 0 aromatic heterocycles. The molecule has 0 aliphatic rings. The van der Waals surface area contributed by atoms with Crippen molar-refractivity contribution in [3.05, 3.63) is 34.4 Å². The minimum absolute atomic E-state index is 0.00754. The van der Waals surface area contributed by atoms with Crippen molar-refractivity contribution in [2.45, 2.75) is 6.42 Å². The van der Waals surface area contributed by atoms with Crippen LogP contribution < -0.4 is 5.32 Å². The van der Waals surface area contributed by atoms with E-state index in [1.54, 1.807) is 18.2 Å². The summed E-state index contributed by atoms with van der Waals surface area (Å²) in [6.45, 7) is 0.387. The van der Waals surface area contributed by atoms with Gasteiger partial charge in [-0.25, -0.2) is 8.42 Å². The van der Waals surface area contributed by atoms with Crippen LogP contribution in [0.25, 0.3) is 0 Å². The van der Waals surface area contributed by atoms with E-state index in [9.17, 15) is 18.5 Å². The summed E-state index contributed by atoms with van der Waals surface area (Å²) in [6, 6.07) is 6.27. The van der Waals surface area contributed by atoms with Crippen LogP contribution in [0.1, 0.15) is 6.42 Å². The summed E-state index contributed by atoms with van der Waals surface area (Å²) in [6.07, 6.45) is 1.59. The molecule has 1 aromatic carbocycles. The minimum Gasteiger partial charge on any atom is -0.379 e. The predicted octanol–water partition coefficient (Wildman–Crippen LogP) is 1.44. The molecule has 1 N–H and O–H groups in total. The van der Waals surface area contributed by atoms with E-state index in [2.05, 4.69) is 5.32 Å². The van der Waals surface area contributed by atoms with E-state index < -0.39 is 14.8 Å². The highest BCUT2D eigenvalue weighted by Crippen LogP contribution is 2.22. The molecule has 0 amide bonds. The number of para-hydroxylation sites is 2. The smallest absolute Gasteiger partial charge is 0.292 e. The van der Waals surface area contributed by atoms with Crippen LogP contribution in [0.5, 0.6) is 0 Å². The van der Waals surface area contributed by atoms with E-state index in [1.807, 2.05) is 0 Å². The van der Waals surface area contributed by atoms with Gasteiger partial charge in [0.25, 0.3) is 5.69 Å². The molecule has 17 heavy (non-hydrogen) atoms. The van der Waals surface area contributed by atoms with Gasteiger partial charge in [0.2, 0.25) is 0 Å². The molecule has 0 radical (unpaired) electrons. The van der Waals surface area contributed by atoms with E-state index in [0.29, 0.717) is 18.7 Å². The fourth-order valence-electron chi connectivity index (χ4n) is 1.34. The van der Waals surface area contributed by atoms with Gasteiger partial charge in [-0.1, -0.05) is 12.1 Å². The number of sulfone groups is 1. The van der Waals surface area contributed by atoms with Crippen LogP contribution in [0, 0.1) is 10.1 Å². The maximum Gasteiger partial charge on any atom is 0.292 e. The third kappa shape index (κ3) is 4.81. The summed E-state index contributed by atoms with van der Waals surface area (Å²) in [7, 11) is -2.98. The number of hydrogen-bond acceptors (Lipinski definition) is 5. The zero-order chi connectivity index (χ0) is 12.9. The highest BCUT2D eigenvalue weighted by Gasteiger charge is 2.11. The minimum atomic E-state index is -2.98. The van der Waals surface area contributed by atoms with Crippen LogP contribution in [-0.4, -0.2) is 31.9 Å². The van der Waals surface area contributed by atoms with Crippen molar-refractivity contribution in [3.8, 4) is 0 Å². The first-order valence-corrected chi connectivity index (χ1v) is 7.11. The molecule has 94 valence electrons. The molecule has 7 heteroatoms.